The number of fused-ring (bicyclic) bond motifs is 1. The molecule has 5 nitrogen and oxygen atoms in total. The fourth-order valence-electron chi connectivity index (χ4n) is 6.03. The van der Waals surface area contributed by atoms with Gasteiger partial charge in [-0.3, -0.25) is 9.69 Å². The van der Waals surface area contributed by atoms with Crippen LogP contribution in [-0.4, -0.2) is 45.8 Å². The average Bonchev–Trinajstić information content (AvgIpc) is 3.30. The highest BCUT2D eigenvalue weighted by Crippen LogP contribution is 2.61. The molecule has 1 saturated heterocycles. The van der Waals surface area contributed by atoms with E-state index in [1.807, 2.05) is 12.1 Å². The van der Waals surface area contributed by atoms with E-state index in [0.29, 0.717) is 12.8 Å². The summed E-state index contributed by atoms with van der Waals surface area (Å²) in [6.45, 7) is 2.00. The fraction of sp³-hybridized carbons (Fsp3) is 0.650. The number of rotatable bonds is 3. The van der Waals surface area contributed by atoms with Crippen LogP contribution in [0.2, 0.25) is 0 Å². The third-order valence-corrected chi connectivity index (χ3v) is 7.41. The Kier molecular flexibility index (Phi) is 3.12. The van der Waals surface area contributed by atoms with Crippen molar-refractivity contribution in [2.75, 3.05) is 13.1 Å². The molecule has 1 aromatic rings. The highest BCUT2D eigenvalue weighted by molar-refractivity contribution is 5.78. The molecular weight excluding hydrogens is 316 g/mol. The Labute approximate surface area is 147 Å². The van der Waals surface area contributed by atoms with Crippen molar-refractivity contribution < 1.29 is 15.0 Å². The normalized spacial score (nSPS) is 39.7. The molecule has 4 N–H and O–H groups in total. The fourth-order valence-corrected chi connectivity index (χ4v) is 6.03. The van der Waals surface area contributed by atoms with E-state index < -0.39 is 11.0 Å². The zero-order valence-electron chi connectivity index (χ0n) is 14.4. The highest BCUT2D eigenvalue weighted by atomic mass is 16.3. The number of hydrogen-bond acceptors (Lipinski definition) is 4. The molecule has 1 aromatic carbocycles. The minimum Gasteiger partial charge on any atom is -0.508 e. The number of nitrogens with two attached hydrogens (primary N) is 1. The van der Waals surface area contributed by atoms with Crippen molar-refractivity contribution in [3.05, 3.63) is 29.3 Å². The monoisotopic (exact) mass is 342 g/mol. The second-order valence-electron chi connectivity index (χ2n) is 8.76. The Balaban J connectivity index is 1.64. The van der Waals surface area contributed by atoms with Gasteiger partial charge in [0.15, 0.2) is 0 Å². The molecule has 0 spiro atoms. The van der Waals surface area contributed by atoms with Crippen LogP contribution >= 0.6 is 0 Å². The van der Waals surface area contributed by atoms with Crippen LogP contribution in [0.4, 0.5) is 0 Å². The number of primary amides is 1. The zero-order chi connectivity index (χ0) is 17.4. The number of phenols is 1. The average molecular weight is 342 g/mol. The lowest BCUT2D eigenvalue weighted by Gasteiger charge is -2.59. The molecule has 2 bridgehead atoms. The second-order valence-corrected chi connectivity index (χ2v) is 8.76. The molecule has 3 aliphatic carbocycles. The topological polar surface area (TPSA) is 86.8 Å². The van der Waals surface area contributed by atoms with Crippen LogP contribution in [0.5, 0.6) is 5.75 Å². The zero-order valence-corrected chi connectivity index (χ0v) is 14.4. The van der Waals surface area contributed by atoms with Crippen LogP contribution in [0.25, 0.3) is 0 Å². The first-order chi connectivity index (χ1) is 11.9. The lowest BCUT2D eigenvalue weighted by molar-refractivity contribution is -0.133. The van der Waals surface area contributed by atoms with Gasteiger partial charge in [-0.2, -0.15) is 0 Å². The predicted molar refractivity (Wildman–Crippen MR) is 93.1 cm³/mol. The van der Waals surface area contributed by atoms with Gasteiger partial charge in [0, 0.05) is 23.9 Å². The molecule has 4 aliphatic rings. The van der Waals surface area contributed by atoms with Gasteiger partial charge in [0.25, 0.3) is 0 Å². The summed E-state index contributed by atoms with van der Waals surface area (Å²) in [6, 6.07) is 5.60. The number of likely N-dealkylation sites (tertiary alicyclic amines) is 1. The Morgan fingerprint density at radius 1 is 1.32 bits per heavy atom. The lowest BCUT2D eigenvalue weighted by atomic mass is 9.56. The van der Waals surface area contributed by atoms with Crippen LogP contribution in [0.15, 0.2) is 18.2 Å². The van der Waals surface area contributed by atoms with Crippen molar-refractivity contribution in [3.63, 3.8) is 0 Å². The predicted octanol–water partition coefficient (Wildman–Crippen LogP) is 1.30. The minimum atomic E-state index is -0.930. The molecule has 2 saturated carbocycles. The first-order valence-corrected chi connectivity index (χ1v) is 9.51. The molecule has 0 aromatic heterocycles. The first kappa shape index (κ1) is 15.6. The lowest BCUT2D eigenvalue weighted by Crippen LogP contribution is -2.69. The van der Waals surface area contributed by atoms with Crippen molar-refractivity contribution in [2.24, 2.45) is 17.6 Å². The maximum Gasteiger partial charge on any atom is 0.220 e. The second kappa shape index (κ2) is 4.98. The molecule has 1 amide bonds. The Morgan fingerprint density at radius 3 is 2.84 bits per heavy atom. The van der Waals surface area contributed by atoms with Crippen molar-refractivity contribution >= 4 is 5.91 Å². The van der Waals surface area contributed by atoms with E-state index in [0.717, 1.165) is 37.4 Å². The Bertz CT molecular complexity index is 746. The van der Waals surface area contributed by atoms with E-state index in [-0.39, 0.29) is 23.6 Å². The van der Waals surface area contributed by atoms with E-state index in [4.69, 9.17) is 5.73 Å². The van der Waals surface area contributed by atoms with Gasteiger partial charge in [0.1, 0.15) is 5.75 Å². The van der Waals surface area contributed by atoms with Gasteiger partial charge in [0.2, 0.25) is 5.91 Å². The standard InChI is InChI=1S/C20H26N2O3/c21-18(24)14-9-19-5-6-22(11-12-1-2-12)17(20(19,25)10-14)7-13-3-4-15(23)8-16(13)19/h3-4,8,12,14,17,23,25H,1-2,5-7,9-11H2,(H2,21,24)/t14-,17+,19+,20+/m0/s1. The number of benzene rings is 1. The molecule has 134 valence electrons. The molecule has 5 rings (SSSR count). The third-order valence-electron chi connectivity index (χ3n) is 7.41. The molecule has 1 aliphatic heterocycles. The summed E-state index contributed by atoms with van der Waals surface area (Å²) in [5.41, 5.74) is 6.52. The highest BCUT2D eigenvalue weighted by Gasteiger charge is 2.67. The van der Waals surface area contributed by atoms with Gasteiger partial charge in [-0.25, -0.2) is 0 Å². The molecule has 5 heteroatoms. The number of carbonyl (C=O) groups is 1. The van der Waals surface area contributed by atoms with E-state index in [9.17, 15) is 15.0 Å². The number of hydrogen-bond donors (Lipinski definition) is 3. The number of amides is 1. The summed E-state index contributed by atoms with van der Waals surface area (Å²) in [7, 11) is 0. The van der Waals surface area contributed by atoms with Crippen molar-refractivity contribution in [2.45, 2.75) is 55.6 Å². The molecule has 4 atom stereocenters. The van der Waals surface area contributed by atoms with Crippen LogP contribution in [0, 0.1) is 11.8 Å². The summed E-state index contributed by atoms with van der Waals surface area (Å²) in [6.07, 6.45) is 5.24. The van der Waals surface area contributed by atoms with E-state index in [1.54, 1.807) is 6.07 Å². The van der Waals surface area contributed by atoms with Gasteiger partial charge < -0.3 is 15.9 Å². The van der Waals surface area contributed by atoms with Gasteiger partial charge >= 0.3 is 0 Å². The summed E-state index contributed by atoms with van der Waals surface area (Å²) in [5, 5.41) is 22.0. The maximum absolute atomic E-state index is 12.0. The SMILES string of the molecule is NC(=O)[C@H]1C[C@]23CCN(CC4CC4)[C@H](Cc4ccc(O)cc42)[C@]3(O)C1. The van der Waals surface area contributed by atoms with Crippen molar-refractivity contribution in [3.8, 4) is 5.75 Å². The summed E-state index contributed by atoms with van der Waals surface area (Å²) >= 11 is 0. The number of piperidine rings is 1. The molecule has 1 heterocycles. The molecule has 0 radical (unpaired) electrons. The number of phenolic OH excluding ortho intramolecular Hbond substituents is 1. The summed E-state index contributed by atoms with van der Waals surface area (Å²) in [4.78, 5) is 14.4. The quantitative estimate of drug-likeness (QED) is 0.773. The van der Waals surface area contributed by atoms with Gasteiger partial charge in [-0.05, 0) is 74.2 Å². The third kappa shape index (κ3) is 2.05. The van der Waals surface area contributed by atoms with E-state index in [2.05, 4.69) is 4.90 Å². The van der Waals surface area contributed by atoms with Crippen LogP contribution < -0.4 is 5.73 Å². The smallest absolute Gasteiger partial charge is 0.220 e. The van der Waals surface area contributed by atoms with Gasteiger partial charge in [0.05, 0.1) is 5.60 Å². The largest absolute Gasteiger partial charge is 0.508 e. The molecule has 25 heavy (non-hydrogen) atoms. The van der Waals surface area contributed by atoms with E-state index >= 15 is 0 Å². The van der Waals surface area contributed by atoms with E-state index in [1.165, 1.54) is 18.4 Å². The summed E-state index contributed by atoms with van der Waals surface area (Å²) < 4.78 is 0. The molecule has 0 unspecified atom stereocenters. The number of carbonyl (C=O) groups excluding carboxylic acids is 1. The summed E-state index contributed by atoms with van der Waals surface area (Å²) in [5.74, 6) is 0.405. The number of nitrogens with zero attached hydrogens (tertiary/aromatic N) is 1. The Hall–Kier alpha value is -1.59. The Morgan fingerprint density at radius 2 is 2.12 bits per heavy atom. The minimum absolute atomic E-state index is 0.0447. The molecule has 3 fully saturated rings. The van der Waals surface area contributed by atoms with Gasteiger partial charge in [-0.1, -0.05) is 6.07 Å². The van der Waals surface area contributed by atoms with Crippen LogP contribution in [-0.2, 0) is 16.6 Å². The molecular formula is C20H26N2O3. The number of aliphatic hydroxyl groups is 1. The van der Waals surface area contributed by atoms with Gasteiger partial charge in [-0.15, -0.1) is 0 Å². The van der Waals surface area contributed by atoms with Crippen LogP contribution in [0.1, 0.15) is 43.2 Å². The van der Waals surface area contributed by atoms with Crippen molar-refractivity contribution in [1.29, 1.82) is 0 Å². The number of aromatic hydroxyl groups is 1. The van der Waals surface area contributed by atoms with Crippen LogP contribution in [0.3, 0.4) is 0 Å². The maximum atomic E-state index is 12.0. The first-order valence-electron chi connectivity index (χ1n) is 9.51. The van der Waals surface area contributed by atoms with Crippen molar-refractivity contribution in [1.82, 2.24) is 4.90 Å².